The van der Waals surface area contributed by atoms with Gasteiger partial charge in [0.25, 0.3) is 5.91 Å². The van der Waals surface area contributed by atoms with Crippen molar-refractivity contribution in [2.75, 3.05) is 11.9 Å². The molecule has 2 rings (SSSR count). The fraction of sp³-hybridized carbons (Fsp3) is 0.667. The first-order valence-corrected chi connectivity index (χ1v) is 10.3. The first kappa shape index (κ1) is 22.3. The lowest BCUT2D eigenvalue weighted by atomic mass is 9.93. The first-order chi connectivity index (χ1) is 13.3. The Morgan fingerprint density at radius 3 is 2.64 bits per heavy atom. The van der Waals surface area contributed by atoms with Crippen LogP contribution in [-0.4, -0.2) is 56.6 Å². The molecule has 1 aliphatic rings. The summed E-state index contributed by atoms with van der Waals surface area (Å²) in [4.78, 5) is 44.2. The SMILES string of the molecule is CCCC[C@@H](C(=O)N1CCC[C@H]1C(=O)Nc1nc(C)c(C)s1)[C@H](O)C(=O)NO. The Balaban J connectivity index is 2.13. The predicted molar refractivity (Wildman–Crippen MR) is 104 cm³/mol. The molecule has 156 valence electrons. The minimum Gasteiger partial charge on any atom is -0.382 e. The smallest absolute Gasteiger partial charge is 0.272 e. The Kier molecular flexibility index (Phi) is 7.90. The third-order valence-corrected chi connectivity index (χ3v) is 6.03. The second-order valence-corrected chi connectivity index (χ2v) is 8.21. The molecule has 0 aliphatic carbocycles. The summed E-state index contributed by atoms with van der Waals surface area (Å²) in [5, 5.41) is 22.3. The minimum absolute atomic E-state index is 0.291. The zero-order valence-electron chi connectivity index (χ0n) is 16.4. The predicted octanol–water partition coefficient (Wildman–Crippen LogP) is 1.36. The number of hydroxylamine groups is 1. The summed E-state index contributed by atoms with van der Waals surface area (Å²) in [6, 6.07) is -0.675. The molecule has 0 radical (unpaired) electrons. The van der Waals surface area contributed by atoms with E-state index in [-0.39, 0.29) is 5.91 Å². The second kappa shape index (κ2) is 9.94. The van der Waals surface area contributed by atoms with E-state index in [4.69, 9.17) is 5.21 Å². The summed E-state index contributed by atoms with van der Waals surface area (Å²) in [6.07, 6.45) is 1.20. The molecule has 3 atom stereocenters. The van der Waals surface area contributed by atoms with Crippen LogP contribution in [0.25, 0.3) is 0 Å². The van der Waals surface area contributed by atoms with Crippen LogP contribution < -0.4 is 10.8 Å². The van der Waals surface area contributed by atoms with Crippen molar-refractivity contribution >= 4 is 34.2 Å². The maximum Gasteiger partial charge on any atom is 0.272 e. The highest BCUT2D eigenvalue weighted by molar-refractivity contribution is 7.15. The Bertz CT molecular complexity index is 703. The Morgan fingerprint density at radius 2 is 2.07 bits per heavy atom. The van der Waals surface area contributed by atoms with Crippen molar-refractivity contribution in [3.8, 4) is 0 Å². The molecular formula is C18H28N4O5S. The fourth-order valence-corrected chi connectivity index (χ4v) is 4.14. The number of carbonyl (C=O) groups is 3. The van der Waals surface area contributed by atoms with Gasteiger partial charge in [0.2, 0.25) is 11.8 Å². The van der Waals surface area contributed by atoms with Crippen LogP contribution in [0.1, 0.15) is 49.6 Å². The van der Waals surface area contributed by atoms with E-state index in [1.165, 1.54) is 21.7 Å². The lowest BCUT2D eigenvalue weighted by Crippen LogP contribution is -2.50. The molecule has 1 saturated heterocycles. The van der Waals surface area contributed by atoms with Gasteiger partial charge in [0.05, 0.1) is 11.6 Å². The van der Waals surface area contributed by atoms with Crippen molar-refractivity contribution in [3.05, 3.63) is 10.6 Å². The number of likely N-dealkylation sites (tertiary alicyclic amines) is 1. The van der Waals surface area contributed by atoms with Crippen molar-refractivity contribution in [1.82, 2.24) is 15.4 Å². The number of aliphatic hydroxyl groups excluding tert-OH is 1. The van der Waals surface area contributed by atoms with Crippen molar-refractivity contribution in [3.63, 3.8) is 0 Å². The molecule has 28 heavy (non-hydrogen) atoms. The summed E-state index contributed by atoms with van der Waals surface area (Å²) in [5.74, 6) is -2.81. The summed E-state index contributed by atoms with van der Waals surface area (Å²) >= 11 is 1.37. The molecule has 10 heteroatoms. The van der Waals surface area contributed by atoms with E-state index in [1.54, 1.807) is 0 Å². The average Bonchev–Trinajstić information content (AvgIpc) is 3.27. The summed E-state index contributed by atoms with van der Waals surface area (Å²) in [5.41, 5.74) is 2.24. The summed E-state index contributed by atoms with van der Waals surface area (Å²) < 4.78 is 0. The van der Waals surface area contributed by atoms with Gasteiger partial charge >= 0.3 is 0 Å². The fourth-order valence-electron chi connectivity index (χ4n) is 3.32. The molecule has 9 nitrogen and oxygen atoms in total. The monoisotopic (exact) mass is 412 g/mol. The van der Waals surface area contributed by atoms with Gasteiger partial charge in [-0.25, -0.2) is 10.5 Å². The number of nitrogens with one attached hydrogen (secondary N) is 2. The number of thiazole rings is 1. The van der Waals surface area contributed by atoms with Gasteiger partial charge in [-0.2, -0.15) is 0 Å². The van der Waals surface area contributed by atoms with Crippen molar-refractivity contribution in [1.29, 1.82) is 0 Å². The van der Waals surface area contributed by atoms with Gasteiger partial charge in [0, 0.05) is 11.4 Å². The molecular weight excluding hydrogens is 384 g/mol. The molecule has 4 N–H and O–H groups in total. The number of hydrogen-bond donors (Lipinski definition) is 4. The van der Waals surface area contributed by atoms with Gasteiger partial charge in [0.15, 0.2) is 5.13 Å². The topological polar surface area (TPSA) is 132 Å². The van der Waals surface area contributed by atoms with Crippen LogP contribution in [-0.2, 0) is 14.4 Å². The molecule has 1 aromatic heterocycles. The van der Waals surface area contributed by atoms with Gasteiger partial charge in [0.1, 0.15) is 12.1 Å². The lowest BCUT2D eigenvalue weighted by Gasteiger charge is -2.29. The number of aromatic nitrogens is 1. The number of nitrogens with zero attached hydrogens (tertiary/aromatic N) is 2. The van der Waals surface area contributed by atoms with E-state index in [1.807, 2.05) is 20.8 Å². The van der Waals surface area contributed by atoms with E-state index in [0.717, 1.165) is 17.0 Å². The van der Waals surface area contributed by atoms with Crippen LogP contribution in [0.15, 0.2) is 0 Å². The molecule has 2 heterocycles. The Morgan fingerprint density at radius 1 is 1.36 bits per heavy atom. The number of hydrogen-bond acceptors (Lipinski definition) is 7. The minimum atomic E-state index is -1.67. The van der Waals surface area contributed by atoms with Gasteiger partial charge in [-0.3, -0.25) is 19.6 Å². The van der Waals surface area contributed by atoms with Crippen LogP contribution in [0.5, 0.6) is 0 Å². The first-order valence-electron chi connectivity index (χ1n) is 9.47. The van der Waals surface area contributed by atoms with Crippen LogP contribution in [0.3, 0.4) is 0 Å². The molecule has 0 aromatic carbocycles. The molecule has 0 saturated carbocycles. The van der Waals surface area contributed by atoms with E-state index in [0.29, 0.717) is 37.4 Å². The molecule has 3 amide bonds. The van der Waals surface area contributed by atoms with Crippen LogP contribution in [0.2, 0.25) is 0 Å². The van der Waals surface area contributed by atoms with E-state index in [9.17, 15) is 19.5 Å². The molecule has 0 bridgehead atoms. The van der Waals surface area contributed by atoms with Crippen molar-refractivity contribution in [2.24, 2.45) is 5.92 Å². The highest BCUT2D eigenvalue weighted by atomic mass is 32.1. The number of anilines is 1. The standard InChI is InChI=1S/C18H28N4O5S/c1-4-5-7-12(14(23)16(25)21-27)17(26)22-9-6-8-13(22)15(24)20-18-19-10(2)11(3)28-18/h12-14,23,27H,4-9H2,1-3H3,(H,21,25)(H,19,20,24)/t12-,13+,14+/m1/s1. The highest BCUT2D eigenvalue weighted by Gasteiger charge is 2.41. The highest BCUT2D eigenvalue weighted by Crippen LogP contribution is 2.27. The Hall–Kier alpha value is -2.04. The zero-order chi connectivity index (χ0) is 20.8. The van der Waals surface area contributed by atoms with Gasteiger partial charge in [-0.05, 0) is 33.1 Å². The van der Waals surface area contributed by atoms with Gasteiger partial charge in [-0.15, -0.1) is 11.3 Å². The number of rotatable bonds is 8. The normalized spacial score (nSPS) is 18.6. The van der Waals surface area contributed by atoms with Crippen LogP contribution in [0, 0.1) is 19.8 Å². The number of amides is 3. The molecule has 0 unspecified atom stereocenters. The van der Waals surface area contributed by atoms with Crippen LogP contribution >= 0.6 is 11.3 Å². The maximum absolute atomic E-state index is 13.1. The van der Waals surface area contributed by atoms with E-state index >= 15 is 0 Å². The van der Waals surface area contributed by atoms with Gasteiger partial charge in [-0.1, -0.05) is 19.8 Å². The van der Waals surface area contributed by atoms with Gasteiger partial charge < -0.3 is 15.3 Å². The maximum atomic E-state index is 13.1. The summed E-state index contributed by atoms with van der Waals surface area (Å²) in [6.45, 7) is 6.09. The second-order valence-electron chi connectivity index (χ2n) is 7.01. The molecule has 1 aromatic rings. The Labute approximate surface area is 168 Å². The molecule has 1 fully saturated rings. The quantitative estimate of drug-likeness (QED) is 0.377. The third-order valence-electron chi connectivity index (χ3n) is 5.04. The van der Waals surface area contributed by atoms with Crippen molar-refractivity contribution < 1.29 is 24.7 Å². The third kappa shape index (κ3) is 5.06. The number of carbonyl (C=O) groups excluding carboxylic acids is 3. The summed E-state index contributed by atoms with van der Waals surface area (Å²) in [7, 11) is 0. The number of aliphatic hydroxyl groups is 1. The lowest BCUT2D eigenvalue weighted by molar-refractivity contribution is -0.152. The zero-order valence-corrected chi connectivity index (χ0v) is 17.2. The number of unbranched alkanes of at least 4 members (excludes halogenated alkanes) is 1. The van der Waals surface area contributed by atoms with E-state index in [2.05, 4.69) is 10.3 Å². The largest absolute Gasteiger partial charge is 0.382 e. The van der Waals surface area contributed by atoms with Crippen LogP contribution in [0.4, 0.5) is 5.13 Å². The average molecular weight is 413 g/mol. The molecule has 0 spiro atoms. The molecule has 1 aliphatic heterocycles. The number of aryl methyl sites for hydroxylation is 2. The van der Waals surface area contributed by atoms with E-state index < -0.39 is 29.9 Å². The van der Waals surface area contributed by atoms with Crippen molar-refractivity contribution in [2.45, 2.75) is 65.0 Å².